The van der Waals surface area contributed by atoms with Crippen LogP contribution in [-0.2, 0) is 14.8 Å². The number of amides is 1. The summed E-state index contributed by atoms with van der Waals surface area (Å²) < 4.78 is 38.8. The van der Waals surface area contributed by atoms with Crippen LogP contribution < -0.4 is 9.62 Å². The molecule has 0 aliphatic heterocycles. The van der Waals surface area contributed by atoms with Crippen molar-refractivity contribution in [2.24, 2.45) is 0 Å². The van der Waals surface area contributed by atoms with Gasteiger partial charge in [-0.2, -0.15) is 0 Å². The quantitative estimate of drug-likeness (QED) is 0.832. The predicted molar refractivity (Wildman–Crippen MR) is 103 cm³/mol. The standard InChI is InChI=1S/C18H20ClFN2O3S/c1-11-7-12(2)18(13(3)8-11)22(26(4,24)25)10-17(23)21-14-5-6-16(20)15(19)9-14/h5-9H,10H2,1-4H3,(H,21,23). The van der Waals surface area contributed by atoms with Crippen molar-refractivity contribution in [1.29, 1.82) is 0 Å². The number of carbonyl (C=O) groups excluding carboxylic acids is 1. The molecule has 1 amide bonds. The molecule has 1 N–H and O–H groups in total. The van der Waals surface area contributed by atoms with Crippen LogP contribution in [0, 0.1) is 26.6 Å². The smallest absolute Gasteiger partial charge is 0.245 e. The molecule has 5 nitrogen and oxygen atoms in total. The molecular weight excluding hydrogens is 379 g/mol. The number of hydrogen-bond acceptors (Lipinski definition) is 3. The molecule has 2 rings (SSSR count). The maximum absolute atomic E-state index is 13.2. The van der Waals surface area contributed by atoms with E-state index in [4.69, 9.17) is 11.6 Å². The van der Waals surface area contributed by atoms with Gasteiger partial charge in [-0.15, -0.1) is 0 Å². The van der Waals surface area contributed by atoms with Crippen LogP contribution in [-0.4, -0.2) is 27.1 Å². The van der Waals surface area contributed by atoms with Gasteiger partial charge in [0.1, 0.15) is 12.4 Å². The third kappa shape index (κ3) is 4.74. The maximum Gasteiger partial charge on any atom is 0.245 e. The molecule has 0 aliphatic carbocycles. The molecule has 26 heavy (non-hydrogen) atoms. The molecule has 8 heteroatoms. The summed E-state index contributed by atoms with van der Waals surface area (Å²) in [5, 5.41) is 2.40. The fourth-order valence-electron chi connectivity index (χ4n) is 2.83. The van der Waals surface area contributed by atoms with Gasteiger partial charge >= 0.3 is 0 Å². The van der Waals surface area contributed by atoms with E-state index in [0.717, 1.165) is 33.3 Å². The summed E-state index contributed by atoms with van der Waals surface area (Å²) in [6.07, 6.45) is 1.05. The van der Waals surface area contributed by atoms with Crippen molar-refractivity contribution in [3.63, 3.8) is 0 Å². The summed E-state index contributed by atoms with van der Waals surface area (Å²) in [7, 11) is -3.69. The number of rotatable bonds is 5. The molecule has 0 heterocycles. The topological polar surface area (TPSA) is 66.5 Å². The molecule has 0 bridgehead atoms. The van der Waals surface area contributed by atoms with Crippen LogP contribution in [0.5, 0.6) is 0 Å². The van der Waals surface area contributed by atoms with E-state index < -0.39 is 28.3 Å². The van der Waals surface area contributed by atoms with Crippen LogP contribution in [0.3, 0.4) is 0 Å². The van der Waals surface area contributed by atoms with E-state index in [2.05, 4.69) is 5.32 Å². The molecule has 0 aliphatic rings. The average molecular weight is 399 g/mol. The van der Waals surface area contributed by atoms with Crippen molar-refractivity contribution in [1.82, 2.24) is 0 Å². The lowest BCUT2D eigenvalue weighted by Crippen LogP contribution is -2.38. The molecule has 0 unspecified atom stereocenters. The van der Waals surface area contributed by atoms with Gasteiger partial charge < -0.3 is 5.32 Å². The second-order valence-corrected chi connectivity index (χ2v) is 8.51. The first-order chi connectivity index (χ1) is 12.0. The van der Waals surface area contributed by atoms with E-state index in [1.54, 1.807) is 13.8 Å². The first-order valence-corrected chi connectivity index (χ1v) is 10.0. The van der Waals surface area contributed by atoms with Crippen molar-refractivity contribution in [3.05, 3.63) is 57.9 Å². The normalized spacial score (nSPS) is 11.3. The number of sulfonamides is 1. The lowest BCUT2D eigenvalue weighted by molar-refractivity contribution is -0.114. The first-order valence-electron chi connectivity index (χ1n) is 7.79. The van der Waals surface area contributed by atoms with Crippen molar-refractivity contribution in [2.75, 3.05) is 22.4 Å². The highest BCUT2D eigenvalue weighted by molar-refractivity contribution is 7.92. The van der Waals surface area contributed by atoms with Gasteiger partial charge in [-0.25, -0.2) is 12.8 Å². The van der Waals surface area contributed by atoms with Gasteiger partial charge in [0.2, 0.25) is 15.9 Å². The van der Waals surface area contributed by atoms with Crippen LogP contribution in [0.25, 0.3) is 0 Å². The zero-order valence-corrected chi connectivity index (χ0v) is 16.5. The van der Waals surface area contributed by atoms with Gasteiger partial charge in [-0.05, 0) is 50.1 Å². The molecule has 0 saturated heterocycles. The Morgan fingerprint density at radius 1 is 1.15 bits per heavy atom. The second-order valence-electron chi connectivity index (χ2n) is 6.19. The van der Waals surface area contributed by atoms with Gasteiger partial charge in [0.15, 0.2) is 0 Å². The number of aryl methyl sites for hydroxylation is 3. The van der Waals surface area contributed by atoms with Crippen LogP contribution in [0.1, 0.15) is 16.7 Å². The van der Waals surface area contributed by atoms with Crippen molar-refractivity contribution >= 4 is 38.9 Å². The average Bonchev–Trinajstić information content (AvgIpc) is 2.48. The number of halogens is 2. The van der Waals surface area contributed by atoms with Gasteiger partial charge in [0.05, 0.1) is 17.0 Å². The summed E-state index contributed by atoms with van der Waals surface area (Å²) in [6.45, 7) is 5.11. The molecule has 2 aromatic carbocycles. The number of benzene rings is 2. The molecular formula is C18H20ClFN2O3S. The molecule has 0 atom stereocenters. The number of hydrogen-bond donors (Lipinski definition) is 1. The molecule has 0 spiro atoms. The predicted octanol–water partition coefficient (Wildman–Crippen LogP) is 3.81. The summed E-state index contributed by atoms with van der Waals surface area (Å²) in [5.74, 6) is -1.16. The van der Waals surface area contributed by atoms with Crippen molar-refractivity contribution in [3.8, 4) is 0 Å². The van der Waals surface area contributed by atoms with Gasteiger partial charge in [-0.1, -0.05) is 29.3 Å². The van der Waals surface area contributed by atoms with E-state index >= 15 is 0 Å². The highest BCUT2D eigenvalue weighted by atomic mass is 35.5. The fraction of sp³-hybridized carbons (Fsp3) is 0.278. The molecule has 0 radical (unpaired) electrons. The van der Waals surface area contributed by atoms with E-state index in [0.29, 0.717) is 5.69 Å². The number of nitrogens with one attached hydrogen (secondary N) is 1. The van der Waals surface area contributed by atoms with Crippen LogP contribution >= 0.6 is 11.6 Å². The lowest BCUT2D eigenvalue weighted by Gasteiger charge is -2.26. The largest absolute Gasteiger partial charge is 0.324 e. The molecule has 2 aromatic rings. The lowest BCUT2D eigenvalue weighted by atomic mass is 10.1. The molecule has 0 aromatic heterocycles. The summed E-state index contributed by atoms with van der Waals surface area (Å²) >= 11 is 5.70. The Balaban J connectivity index is 2.32. The van der Waals surface area contributed by atoms with Crippen molar-refractivity contribution in [2.45, 2.75) is 20.8 Å². The fourth-order valence-corrected chi connectivity index (χ4v) is 3.98. The Morgan fingerprint density at radius 3 is 2.23 bits per heavy atom. The molecule has 0 fully saturated rings. The zero-order chi connectivity index (χ0) is 19.6. The van der Waals surface area contributed by atoms with Crippen LogP contribution in [0.2, 0.25) is 5.02 Å². The van der Waals surface area contributed by atoms with Crippen LogP contribution in [0.4, 0.5) is 15.8 Å². The monoisotopic (exact) mass is 398 g/mol. The van der Waals surface area contributed by atoms with E-state index in [1.807, 2.05) is 19.1 Å². The minimum atomic E-state index is -3.69. The third-order valence-electron chi connectivity index (χ3n) is 3.78. The SMILES string of the molecule is Cc1cc(C)c(N(CC(=O)Nc2ccc(F)c(Cl)c2)S(C)(=O)=O)c(C)c1. The Bertz CT molecular complexity index is 938. The van der Waals surface area contributed by atoms with Gasteiger partial charge in [-0.3, -0.25) is 9.10 Å². The van der Waals surface area contributed by atoms with Crippen LogP contribution in [0.15, 0.2) is 30.3 Å². The van der Waals surface area contributed by atoms with Gasteiger partial charge in [0, 0.05) is 5.69 Å². The van der Waals surface area contributed by atoms with Crippen molar-refractivity contribution < 1.29 is 17.6 Å². The Labute approximate surface area is 157 Å². The highest BCUT2D eigenvalue weighted by Gasteiger charge is 2.24. The summed E-state index contributed by atoms with van der Waals surface area (Å²) in [5.41, 5.74) is 3.27. The Morgan fingerprint density at radius 2 is 1.73 bits per heavy atom. The van der Waals surface area contributed by atoms with Gasteiger partial charge in [0.25, 0.3) is 0 Å². The second kappa shape index (κ2) is 7.63. The molecule has 140 valence electrons. The number of nitrogens with zero attached hydrogens (tertiary/aromatic N) is 1. The molecule has 0 saturated carbocycles. The van der Waals surface area contributed by atoms with E-state index in [9.17, 15) is 17.6 Å². The minimum absolute atomic E-state index is 0.131. The van der Waals surface area contributed by atoms with E-state index in [1.165, 1.54) is 12.1 Å². The Kier molecular flexibility index (Phi) is 5.93. The highest BCUT2D eigenvalue weighted by Crippen LogP contribution is 2.28. The van der Waals surface area contributed by atoms with E-state index in [-0.39, 0.29) is 10.7 Å². The third-order valence-corrected chi connectivity index (χ3v) is 5.18. The summed E-state index contributed by atoms with van der Waals surface area (Å²) in [4.78, 5) is 12.4. The zero-order valence-electron chi connectivity index (χ0n) is 14.9. The Hall–Kier alpha value is -2.12. The minimum Gasteiger partial charge on any atom is -0.324 e. The number of anilines is 2. The summed E-state index contributed by atoms with van der Waals surface area (Å²) in [6, 6.07) is 7.46. The number of carbonyl (C=O) groups is 1. The maximum atomic E-state index is 13.2. The first kappa shape index (κ1) is 20.2.